The Kier molecular flexibility index (Phi) is 4.03. The second-order valence-corrected chi connectivity index (χ2v) is 5.88. The minimum absolute atomic E-state index is 0.104. The molecule has 3 N–H and O–H groups in total. The summed E-state index contributed by atoms with van der Waals surface area (Å²) in [4.78, 5) is 14.0. The Bertz CT molecular complexity index is 540. The number of thioether (sulfide) groups is 1. The number of nitrogen functional groups attached to an aromatic ring is 1. The van der Waals surface area contributed by atoms with E-state index in [2.05, 4.69) is 27.2 Å². The van der Waals surface area contributed by atoms with Crippen molar-refractivity contribution in [1.82, 2.24) is 15.0 Å². The van der Waals surface area contributed by atoms with E-state index < -0.39 is 0 Å². The molecule has 0 aliphatic heterocycles. The number of rotatable bonds is 4. The summed E-state index contributed by atoms with van der Waals surface area (Å²) in [6.07, 6.45) is 3.80. The fourth-order valence-corrected chi connectivity index (χ4v) is 2.63. The average Bonchev–Trinajstić information content (AvgIpc) is 2.75. The van der Waals surface area contributed by atoms with E-state index in [0.29, 0.717) is 11.0 Å². The van der Waals surface area contributed by atoms with Gasteiger partial charge >= 0.3 is 0 Å². The number of nitrogens with two attached hydrogens (primary N) is 1. The molecule has 0 bridgehead atoms. The normalized spacial score (nSPS) is 12.4. The van der Waals surface area contributed by atoms with E-state index >= 15 is 0 Å². The largest absolute Gasteiger partial charge is 0.383 e. The summed E-state index contributed by atoms with van der Waals surface area (Å²) in [5, 5.41) is 4.99. The van der Waals surface area contributed by atoms with Crippen LogP contribution in [0.2, 0.25) is 0 Å². The SMILES string of the molecule is CSc1nc(N)cc(NC(C)c2ncc(C)s2)n1. The molecule has 7 heteroatoms. The number of aryl methyl sites for hydroxylation is 1. The summed E-state index contributed by atoms with van der Waals surface area (Å²) >= 11 is 3.14. The summed E-state index contributed by atoms with van der Waals surface area (Å²) in [5.74, 6) is 1.20. The molecule has 0 aliphatic carbocycles. The van der Waals surface area contributed by atoms with Gasteiger partial charge in [0.1, 0.15) is 16.6 Å². The lowest BCUT2D eigenvalue weighted by atomic mass is 10.3. The lowest BCUT2D eigenvalue weighted by Crippen LogP contribution is -2.09. The summed E-state index contributed by atoms with van der Waals surface area (Å²) in [6, 6.07) is 1.84. The Morgan fingerprint density at radius 3 is 2.83 bits per heavy atom. The number of thiazole rings is 1. The molecule has 5 nitrogen and oxygen atoms in total. The van der Waals surface area contributed by atoms with Crippen LogP contribution in [0.15, 0.2) is 17.4 Å². The quantitative estimate of drug-likeness (QED) is 0.663. The second kappa shape index (κ2) is 5.53. The zero-order valence-electron chi connectivity index (χ0n) is 10.5. The number of nitrogens with zero attached hydrogens (tertiary/aromatic N) is 3. The Morgan fingerprint density at radius 1 is 1.44 bits per heavy atom. The van der Waals surface area contributed by atoms with Gasteiger partial charge in [-0.3, -0.25) is 0 Å². The van der Waals surface area contributed by atoms with Crippen molar-refractivity contribution in [1.29, 1.82) is 0 Å². The Labute approximate surface area is 114 Å². The molecule has 1 unspecified atom stereocenters. The summed E-state index contributed by atoms with van der Waals surface area (Å²) in [7, 11) is 0. The third-order valence-corrected chi connectivity index (χ3v) is 3.93. The van der Waals surface area contributed by atoms with Crippen molar-refractivity contribution in [3.63, 3.8) is 0 Å². The van der Waals surface area contributed by atoms with E-state index in [4.69, 9.17) is 5.73 Å². The molecule has 0 saturated carbocycles. The van der Waals surface area contributed by atoms with E-state index in [-0.39, 0.29) is 6.04 Å². The predicted molar refractivity (Wildman–Crippen MR) is 77.1 cm³/mol. The van der Waals surface area contributed by atoms with Gasteiger partial charge in [-0.05, 0) is 20.1 Å². The number of hydrogen-bond donors (Lipinski definition) is 2. The minimum Gasteiger partial charge on any atom is -0.383 e. The lowest BCUT2D eigenvalue weighted by molar-refractivity contribution is 0.846. The molecule has 0 radical (unpaired) electrons. The molecular formula is C11H15N5S2. The topological polar surface area (TPSA) is 76.7 Å². The zero-order chi connectivity index (χ0) is 13.1. The fourth-order valence-electron chi connectivity index (χ4n) is 1.46. The predicted octanol–water partition coefficient (Wildman–Crippen LogP) is 2.72. The van der Waals surface area contributed by atoms with Crippen LogP contribution in [0, 0.1) is 6.92 Å². The van der Waals surface area contributed by atoms with E-state index in [1.54, 1.807) is 17.4 Å². The Hall–Kier alpha value is -1.34. The number of anilines is 2. The standard InChI is InChI=1S/C11H15N5S2/c1-6-5-13-10(18-6)7(2)14-9-4-8(12)15-11(16-9)17-3/h4-5,7H,1-3H3,(H3,12,14,15,16). The van der Waals surface area contributed by atoms with Crippen molar-refractivity contribution in [3.05, 3.63) is 22.1 Å². The van der Waals surface area contributed by atoms with Gasteiger partial charge in [-0.2, -0.15) is 0 Å². The molecule has 18 heavy (non-hydrogen) atoms. The third-order valence-electron chi connectivity index (χ3n) is 2.28. The third kappa shape index (κ3) is 3.11. The first-order valence-electron chi connectivity index (χ1n) is 5.46. The van der Waals surface area contributed by atoms with Crippen LogP contribution in [-0.4, -0.2) is 21.2 Å². The molecule has 0 fully saturated rings. The van der Waals surface area contributed by atoms with E-state index in [9.17, 15) is 0 Å². The van der Waals surface area contributed by atoms with Crippen molar-refractivity contribution in [2.75, 3.05) is 17.3 Å². The van der Waals surface area contributed by atoms with Crippen molar-refractivity contribution >= 4 is 34.7 Å². The molecule has 1 atom stereocenters. The van der Waals surface area contributed by atoms with Crippen LogP contribution in [0.1, 0.15) is 22.9 Å². The number of aromatic nitrogens is 3. The smallest absolute Gasteiger partial charge is 0.191 e. The highest BCUT2D eigenvalue weighted by molar-refractivity contribution is 7.98. The van der Waals surface area contributed by atoms with Gasteiger partial charge in [0.15, 0.2) is 5.16 Å². The number of hydrogen-bond acceptors (Lipinski definition) is 7. The van der Waals surface area contributed by atoms with Crippen LogP contribution in [0.3, 0.4) is 0 Å². The van der Waals surface area contributed by atoms with Gasteiger partial charge in [0.05, 0.1) is 6.04 Å². The Balaban J connectivity index is 2.16. The first-order chi connectivity index (χ1) is 8.58. The van der Waals surface area contributed by atoms with Crippen molar-refractivity contribution in [2.24, 2.45) is 0 Å². The van der Waals surface area contributed by atoms with Gasteiger partial charge in [0, 0.05) is 17.1 Å². The van der Waals surface area contributed by atoms with Crippen molar-refractivity contribution in [2.45, 2.75) is 25.0 Å². The van der Waals surface area contributed by atoms with Crippen molar-refractivity contribution in [3.8, 4) is 0 Å². The Morgan fingerprint density at radius 2 is 2.22 bits per heavy atom. The van der Waals surface area contributed by atoms with Gasteiger partial charge < -0.3 is 11.1 Å². The number of nitrogens with one attached hydrogen (secondary N) is 1. The molecular weight excluding hydrogens is 266 g/mol. The molecule has 2 rings (SSSR count). The minimum atomic E-state index is 0.104. The monoisotopic (exact) mass is 281 g/mol. The highest BCUT2D eigenvalue weighted by Gasteiger charge is 2.11. The van der Waals surface area contributed by atoms with Crippen LogP contribution < -0.4 is 11.1 Å². The van der Waals surface area contributed by atoms with E-state index in [0.717, 1.165) is 10.8 Å². The van der Waals surface area contributed by atoms with Gasteiger partial charge in [-0.15, -0.1) is 11.3 Å². The molecule has 2 aromatic heterocycles. The van der Waals surface area contributed by atoms with Crippen LogP contribution >= 0.6 is 23.1 Å². The van der Waals surface area contributed by atoms with Crippen LogP contribution in [0.5, 0.6) is 0 Å². The summed E-state index contributed by atoms with van der Waals surface area (Å²) in [6.45, 7) is 4.09. The average molecular weight is 281 g/mol. The lowest BCUT2D eigenvalue weighted by Gasteiger charge is -2.12. The molecule has 0 aromatic carbocycles. The fraction of sp³-hybridized carbons (Fsp3) is 0.364. The van der Waals surface area contributed by atoms with Crippen LogP contribution in [-0.2, 0) is 0 Å². The van der Waals surface area contributed by atoms with E-state index in [1.165, 1.54) is 16.6 Å². The maximum Gasteiger partial charge on any atom is 0.191 e. The van der Waals surface area contributed by atoms with Gasteiger partial charge in [-0.1, -0.05) is 11.8 Å². The van der Waals surface area contributed by atoms with Gasteiger partial charge in [-0.25, -0.2) is 15.0 Å². The zero-order valence-corrected chi connectivity index (χ0v) is 12.1. The molecule has 0 saturated heterocycles. The first kappa shape index (κ1) is 13.1. The highest BCUT2D eigenvalue weighted by Crippen LogP contribution is 2.23. The van der Waals surface area contributed by atoms with Crippen LogP contribution in [0.4, 0.5) is 11.6 Å². The van der Waals surface area contributed by atoms with Crippen molar-refractivity contribution < 1.29 is 0 Å². The van der Waals surface area contributed by atoms with Gasteiger partial charge in [0.25, 0.3) is 0 Å². The van der Waals surface area contributed by atoms with Crippen LogP contribution in [0.25, 0.3) is 0 Å². The molecule has 0 aliphatic rings. The van der Waals surface area contributed by atoms with E-state index in [1.807, 2.05) is 19.4 Å². The molecule has 2 heterocycles. The highest BCUT2D eigenvalue weighted by atomic mass is 32.2. The van der Waals surface area contributed by atoms with Gasteiger partial charge in [0.2, 0.25) is 0 Å². The molecule has 96 valence electrons. The molecule has 0 spiro atoms. The summed E-state index contributed by atoms with van der Waals surface area (Å²) < 4.78 is 0. The maximum absolute atomic E-state index is 5.74. The maximum atomic E-state index is 5.74. The molecule has 2 aromatic rings. The second-order valence-electron chi connectivity index (χ2n) is 3.84. The molecule has 0 amide bonds. The first-order valence-corrected chi connectivity index (χ1v) is 7.50. The summed E-state index contributed by atoms with van der Waals surface area (Å²) in [5.41, 5.74) is 5.74.